The lowest BCUT2D eigenvalue weighted by Gasteiger charge is -2.12. The predicted molar refractivity (Wildman–Crippen MR) is 133 cm³/mol. The Morgan fingerprint density at radius 3 is 2.42 bits per heavy atom. The molecule has 0 saturated carbocycles. The minimum atomic E-state index is -0.155. The van der Waals surface area contributed by atoms with Crippen molar-refractivity contribution in [2.75, 3.05) is 5.01 Å². The van der Waals surface area contributed by atoms with Crippen LogP contribution in [-0.2, 0) is 11.4 Å². The summed E-state index contributed by atoms with van der Waals surface area (Å²) in [6.45, 7) is 2.22. The van der Waals surface area contributed by atoms with Crippen molar-refractivity contribution in [1.29, 1.82) is 0 Å². The van der Waals surface area contributed by atoms with Crippen LogP contribution in [0.25, 0.3) is 6.08 Å². The average molecular weight is 561 g/mol. The van der Waals surface area contributed by atoms with Crippen molar-refractivity contribution in [1.82, 2.24) is 0 Å². The summed E-state index contributed by atoms with van der Waals surface area (Å²) in [4.78, 5) is 12.9. The van der Waals surface area contributed by atoms with E-state index < -0.39 is 0 Å². The SMILES string of the molecule is CC1=NN(c2ccccc2)C(=O)/C1=C/c1cc(Br)c(OCc2cccc(Cl)c2)c(Br)c1. The van der Waals surface area contributed by atoms with E-state index in [0.717, 1.165) is 25.8 Å². The second kappa shape index (κ2) is 9.39. The molecule has 1 heterocycles. The van der Waals surface area contributed by atoms with Crippen LogP contribution in [0, 0.1) is 0 Å². The van der Waals surface area contributed by atoms with Gasteiger partial charge in [0.15, 0.2) is 0 Å². The van der Waals surface area contributed by atoms with Crippen LogP contribution >= 0.6 is 43.5 Å². The summed E-state index contributed by atoms with van der Waals surface area (Å²) in [6, 6.07) is 20.8. The zero-order chi connectivity index (χ0) is 22.0. The van der Waals surface area contributed by atoms with E-state index in [2.05, 4.69) is 37.0 Å². The predicted octanol–water partition coefficient (Wildman–Crippen LogP) is 7.25. The third kappa shape index (κ3) is 4.92. The monoisotopic (exact) mass is 558 g/mol. The van der Waals surface area contributed by atoms with E-state index in [9.17, 15) is 4.79 Å². The molecule has 7 heteroatoms. The fourth-order valence-corrected chi connectivity index (χ4v) is 4.84. The van der Waals surface area contributed by atoms with Gasteiger partial charge in [0.1, 0.15) is 12.4 Å². The van der Waals surface area contributed by atoms with Crippen molar-refractivity contribution < 1.29 is 9.53 Å². The first kappa shape index (κ1) is 21.8. The van der Waals surface area contributed by atoms with Gasteiger partial charge in [-0.25, -0.2) is 0 Å². The molecule has 31 heavy (non-hydrogen) atoms. The summed E-state index contributed by atoms with van der Waals surface area (Å²) in [7, 11) is 0. The number of hydrogen-bond donors (Lipinski definition) is 0. The van der Waals surface area contributed by atoms with Crippen molar-refractivity contribution in [3.8, 4) is 5.75 Å². The van der Waals surface area contributed by atoms with Gasteiger partial charge >= 0.3 is 0 Å². The number of benzene rings is 3. The van der Waals surface area contributed by atoms with E-state index in [0.29, 0.717) is 28.7 Å². The second-order valence-corrected chi connectivity index (χ2v) is 9.07. The highest BCUT2D eigenvalue weighted by molar-refractivity contribution is 9.11. The van der Waals surface area contributed by atoms with Crippen LogP contribution in [0.4, 0.5) is 5.69 Å². The van der Waals surface area contributed by atoms with Crippen LogP contribution in [0.1, 0.15) is 18.1 Å². The Bertz CT molecular complexity index is 1190. The van der Waals surface area contributed by atoms with Crippen LogP contribution in [0.3, 0.4) is 0 Å². The van der Waals surface area contributed by atoms with Gasteiger partial charge in [-0.05, 0) is 92.4 Å². The molecule has 0 radical (unpaired) electrons. The molecule has 156 valence electrons. The number of hydrazone groups is 1. The Hall–Kier alpha value is -2.41. The maximum absolute atomic E-state index is 12.9. The third-order valence-corrected chi connectivity index (χ3v) is 6.08. The standard InChI is InChI=1S/C24H17Br2ClN2O2/c1-15-20(24(30)29(28-15)19-8-3-2-4-9-19)11-17-12-21(25)23(22(26)13-17)31-14-16-6-5-7-18(27)10-16/h2-13H,14H2,1H3/b20-11+. The molecule has 0 spiro atoms. The number of para-hydroxylation sites is 1. The molecule has 0 bridgehead atoms. The summed E-state index contributed by atoms with van der Waals surface area (Å²) >= 11 is 13.2. The lowest BCUT2D eigenvalue weighted by atomic mass is 10.1. The van der Waals surface area contributed by atoms with Crippen LogP contribution in [0.15, 0.2) is 86.3 Å². The molecule has 0 atom stereocenters. The van der Waals surface area contributed by atoms with Gasteiger partial charge in [0, 0.05) is 5.02 Å². The third-order valence-electron chi connectivity index (χ3n) is 4.67. The van der Waals surface area contributed by atoms with E-state index >= 15 is 0 Å². The van der Waals surface area contributed by atoms with Gasteiger partial charge in [0.25, 0.3) is 5.91 Å². The normalized spacial score (nSPS) is 14.8. The Kier molecular flexibility index (Phi) is 6.60. The first-order chi connectivity index (χ1) is 14.9. The molecule has 0 fully saturated rings. The van der Waals surface area contributed by atoms with Crippen molar-refractivity contribution in [3.63, 3.8) is 0 Å². The fraction of sp³-hybridized carbons (Fsp3) is 0.0833. The molecule has 1 aliphatic rings. The zero-order valence-corrected chi connectivity index (χ0v) is 20.4. The Labute approximate surface area is 202 Å². The molecule has 1 aliphatic heterocycles. The summed E-state index contributed by atoms with van der Waals surface area (Å²) in [5.41, 5.74) is 3.78. The van der Waals surface area contributed by atoms with Crippen molar-refractivity contribution in [2.24, 2.45) is 5.10 Å². The van der Waals surface area contributed by atoms with Crippen LogP contribution in [0.5, 0.6) is 5.75 Å². The number of anilines is 1. The molecule has 0 aliphatic carbocycles. The molecule has 4 nitrogen and oxygen atoms in total. The fourth-order valence-electron chi connectivity index (χ4n) is 3.18. The lowest BCUT2D eigenvalue weighted by molar-refractivity contribution is -0.114. The van der Waals surface area contributed by atoms with Gasteiger partial charge in [-0.15, -0.1) is 0 Å². The minimum Gasteiger partial charge on any atom is -0.487 e. The summed E-state index contributed by atoms with van der Waals surface area (Å²) in [5, 5.41) is 6.52. The van der Waals surface area contributed by atoms with Crippen LogP contribution < -0.4 is 9.75 Å². The molecule has 0 N–H and O–H groups in total. The largest absolute Gasteiger partial charge is 0.487 e. The molecule has 3 aromatic carbocycles. The van der Waals surface area contributed by atoms with Gasteiger partial charge < -0.3 is 4.74 Å². The Morgan fingerprint density at radius 1 is 1.03 bits per heavy atom. The number of ether oxygens (including phenoxy) is 1. The molecular formula is C24H17Br2ClN2O2. The summed E-state index contributed by atoms with van der Waals surface area (Å²) < 4.78 is 7.53. The molecule has 3 aromatic rings. The number of rotatable bonds is 5. The van der Waals surface area contributed by atoms with Crippen molar-refractivity contribution in [2.45, 2.75) is 13.5 Å². The van der Waals surface area contributed by atoms with Crippen molar-refractivity contribution >= 4 is 66.8 Å². The van der Waals surface area contributed by atoms with Gasteiger partial charge in [0.05, 0.1) is 25.9 Å². The molecule has 4 rings (SSSR count). The number of carbonyl (C=O) groups is 1. The molecule has 0 unspecified atom stereocenters. The lowest BCUT2D eigenvalue weighted by Crippen LogP contribution is -2.21. The highest BCUT2D eigenvalue weighted by atomic mass is 79.9. The summed E-state index contributed by atoms with van der Waals surface area (Å²) in [5.74, 6) is 0.522. The minimum absolute atomic E-state index is 0.155. The number of hydrogen-bond acceptors (Lipinski definition) is 3. The van der Waals surface area contributed by atoms with Gasteiger partial charge in [-0.2, -0.15) is 10.1 Å². The maximum Gasteiger partial charge on any atom is 0.280 e. The highest BCUT2D eigenvalue weighted by Crippen LogP contribution is 2.36. The molecular weight excluding hydrogens is 544 g/mol. The molecule has 1 amide bonds. The van der Waals surface area contributed by atoms with Gasteiger partial charge in [-0.1, -0.05) is 41.9 Å². The first-order valence-corrected chi connectivity index (χ1v) is 11.4. The van der Waals surface area contributed by atoms with E-state index in [1.165, 1.54) is 5.01 Å². The Morgan fingerprint density at radius 2 is 1.74 bits per heavy atom. The summed E-state index contributed by atoms with van der Waals surface area (Å²) in [6.07, 6.45) is 1.83. The number of carbonyl (C=O) groups excluding carboxylic acids is 1. The van der Waals surface area contributed by atoms with Gasteiger partial charge in [0.2, 0.25) is 0 Å². The molecule has 0 saturated heterocycles. The topological polar surface area (TPSA) is 41.9 Å². The smallest absolute Gasteiger partial charge is 0.280 e. The quantitative estimate of drug-likeness (QED) is 0.309. The highest BCUT2D eigenvalue weighted by Gasteiger charge is 2.28. The van der Waals surface area contributed by atoms with Gasteiger partial charge in [-0.3, -0.25) is 4.79 Å². The average Bonchev–Trinajstić information content (AvgIpc) is 3.02. The Balaban J connectivity index is 1.56. The zero-order valence-electron chi connectivity index (χ0n) is 16.5. The maximum atomic E-state index is 12.9. The number of nitrogens with zero attached hydrogens (tertiary/aromatic N) is 2. The first-order valence-electron chi connectivity index (χ1n) is 9.45. The van der Waals surface area contributed by atoms with E-state index in [-0.39, 0.29) is 5.91 Å². The van der Waals surface area contributed by atoms with Crippen molar-refractivity contribution in [3.05, 3.63) is 97.4 Å². The van der Waals surface area contributed by atoms with E-state index in [1.807, 2.05) is 79.7 Å². The van der Waals surface area contributed by atoms with E-state index in [1.54, 1.807) is 0 Å². The van der Waals surface area contributed by atoms with Crippen LogP contribution in [-0.4, -0.2) is 11.6 Å². The number of amides is 1. The second-order valence-electron chi connectivity index (χ2n) is 6.93. The van der Waals surface area contributed by atoms with E-state index in [4.69, 9.17) is 16.3 Å². The number of halogens is 3. The molecule has 0 aromatic heterocycles. The van der Waals surface area contributed by atoms with Crippen LogP contribution in [0.2, 0.25) is 5.02 Å².